The monoisotopic (exact) mass is 377 g/mol. The van der Waals surface area contributed by atoms with Gasteiger partial charge in [-0.3, -0.25) is 0 Å². The second kappa shape index (κ2) is 7.36. The van der Waals surface area contributed by atoms with Crippen LogP contribution in [0.3, 0.4) is 0 Å². The Morgan fingerprint density at radius 1 is 1.00 bits per heavy atom. The first kappa shape index (κ1) is 17.5. The number of oxazole rings is 1. The fourth-order valence-electron chi connectivity index (χ4n) is 2.77. The van der Waals surface area contributed by atoms with Crippen molar-refractivity contribution in [3.05, 3.63) is 71.4 Å². The first-order valence-electron chi connectivity index (χ1n) is 8.62. The summed E-state index contributed by atoms with van der Waals surface area (Å²) in [7, 11) is 0. The Morgan fingerprint density at radius 2 is 1.81 bits per heavy atom. The Hall–Kier alpha value is -2.93. The van der Waals surface area contributed by atoms with Gasteiger partial charge in [-0.2, -0.15) is 5.10 Å². The minimum Gasteiger partial charge on any atom is -0.441 e. The molecule has 4 rings (SSSR count). The van der Waals surface area contributed by atoms with Crippen LogP contribution in [0.5, 0.6) is 0 Å². The molecule has 0 atom stereocenters. The summed E-state index contributed by atoms with van der Waals surface area (Å²) in [6.07, 6.45) is 0. The Labute approximate surface area is 161 Å². The van der Waals surface area contributed by atoms with E-state index in [1.807, 2.05) is 69.3 Å². The van der Waals surface area contributed by atoms with Crippen molar-refractivity contribution in [3.8, 4) is 17.3 Å². The molecule has 7 heteroatoms. The first-order valence-corrected chi connectivity index (χ1v) is 9.60. The van der Waals surface area contributed by atoms with E-state index >= 15 is 0 Å². The van der Waals surface area contributed by atoms with Gasteiger partial charge in [-0.1, -0.05) is 30.0 Å². The van der Waals surface area contributed by atoms with E-state index in [4.69, 9.17) is 4.42 Å². The molecule has 0 bridgehead atoms. The van der Waals surface area contributed by atoms with E-state index in [-0.39, 0.29) is 0 Å². The van der Waals surface area contributed by atoms with Crippen molar-refractivity contribution >= 4 is 11.8 Å². The third kappa shape index (κ3) is 3.78. The predicted octanol–water partition coefficient (Wildman–Crippen LogP) is 4.53. The predicted molar refractivity (Wildman–Crippen MR) is 105 cm³/mol. The van der Waals surface area contributed by atoms with Crippen LogP contribution in [0.25, 0.3) is 17.3 Å². The highest BCUT2D eigenvalue weighted by atomic mass is 32.2. The maximum Gasteiger partial charge on any atom is 0.226 e. The summed E-state index contributed by atoms with van der Waals surface area (Å²) in [5, 5.41) is 13.9. The quantitative estimate of drug-likeness (QED) is 0.476. The largest absolute Gasteiger partial charge is 0.441 e. The van der Waals surface area contributed by atoms with Crippen LogP contribution in [0.15, 0.2) is 58.0 Å². The van der Waals surface area contributed by atoms with Crippen LogP contribution in [0, 0.1) is 20.8 Å². The molecule has 0 N–H and O–H groups in total. The van der Waals surface area contributed by atoms with Crippen LogP contribution in [0.2, 0.25) is 0 Å². The maximum atomic E-state index is 5.81. The zero-order valence-corrected chi connectivity index (χ0v) is 16.2. The SMILES string of the molecule is Cc1cc(C)n(-c2ccc(SCc3nc(-c4ccccc4)oc3C)nn2)n1. The lowest BCUT2D eigenvalue weighted by atomic mass is 10.2. The number of aryl methyl sites for hydroxylation is 3. The van der Waals surface area contributed by atoms with Crippen molar-refractivity contribution in [3.63, 3.8) is 0 Å². The number of benzene rings is 1. The smallest absolute Gasteiger partial charge is 0.226 e. The van der Waals surface area contributed by atoms with E-state index in [9.17, 15) is 0 Å². The highest BCUT2D eigenvalue weighted by Gasteiger charge is 2.12. The molecule has 0 aliphatic rings. The molecule has 0 spiro atoms. The first-order chi connectivity index (χ1) is 13.1. The lowest BCUT2D eigenvalue weighted by molar-refractivity contribution is 0.540. The van der Waals surface area contributed by atoms with Crippen molar-refractivity contribution in [2.24, 2.45) is 0 Å². The zero-order valence-electron chi connectivity index (χ0n) is 15.4. The summed E-state index contributed by atoms with van der Waals surface area (Å²) in [6, 6.07) is 15.8. The molecule has 4 aromatic rings. The van der Waals surface area contributed by atoms with Gasteiger partial charge in [-0.25, -0.2) is 9.67 Å². The molecule has 27 heavy (non-hydrogen) atoms. The van der Waals surface area contributed by atoms with Gasteiger partial charge in [0.2, 0.25) is 5.89 Å². The highest BCUT2D eigenvalue weighted by Crippen LogP contribution is 2.26. The Kier molecular flexibility index (Phi) is 4.77. The molecule has 0 fully saturated rings. The van der Waals surface area contributed by atoms with Crippen LogP contribution >= 0.6 is 11.8 Å². The van der Waals surface area contributed by atoms with E-state index in [1.165, 1.54) is 0 Å². The van der Waals surface area contributed by atoms with Crippen LogP contribution in [-0.2, 0) is 5.75 Å². The number of rotatable bonds is 5. The average Bonchev–Trinajstić information content (AvgIpc) is 3.22. The number of hydrogen-bond donors (Lipinski definition) is 0. The Bertz CT molecular complexity index is 1050. The Balaban J connectivity index is 1.46. The van der Waals surface area contributed by atoms with E-state index in [1.54, 1.807) is 16.4 Å². The molecule has 3 heterocycles. The standard InChI is InChI=1S/C20H19N5OS/c1-13-11-14(2)25(24-13)18-9-10-19(23-22-18)27-12-17-15(3)26-20(21-17)16-7-5-4-6-8-16/h4-11H,12H2,1-3H3. The van der Waals surface area contributed by atoms with Gasteiger partial charge in [0.15, 0.2) is 5.82 Å². The molecule has 0 unspecified atom stereocenters. The third-order valence-corrected chi connectivity index (χ3v) is 5.05. The minimum absolute atomic E-state index is 0.648. The third-order valence-electron chi connectivity index (χ3n) is 4.12. The minimum atomic E-state index is 0.648. The molecule has 0 aliphatic heterocycles. The molecule has 3 aromatic heterocycles. The van der Waals surface area contributed by atoms with E-state index in [0.717, 1.165) is 33.4 Å². The van der Waals surface area contributed by atoms with Gasteiger partial charge in [-0.05, 0) is 51.1 Å². The van der Waals surface area contributed by atoms with Gasteiger partial charge < -0.3 is 4.42 Å². The van der Waals surface area contributed by atoms with Crippen molar-refractivity contribution in [2.45, 2.75) is 31.6 Å². The van der Waals surface area contributed by atoms with Crippen molar-refractivity contribution in [1.82, 2.24) is 25.0 Å². The molecular weight excluding hydrogens is 358 g/mol. The molecule has 0 saturated heterocycles. The summed E-state index contributed by atoms with van der Waals surface area (Å²) in [4.78, 5) is 4.62. The van der Waals surface area contributed by atoms with Gasteiger partial charge >= 0.3 is 0 Å². The van der Waals surface area contributed by atoms with Gasteiger partial charge in [-0.15, -0.1) is 10.2 Å². The molecule has 0 amide bonds. The van der Waals surface area contributed by atoms with Crippen LogP contribution < -0.4 is 0 Å². The van der Waals surface area contributed by atoms with E-state index in [0.29, 0.717) is 17.5 Å². The molecule has 1 aromatic carbocycles. The molecule has 0 saturated carbocycles. The maximum absolute atomic E-state index is 5.81. The molecule has 136 valence electrons. The number of aromatic nitrogens is 5. The fraction of sp³-hybridized carbons (Fsp3) is 0.200. The second-order valence-corrected chi connectivity index (χ2v) is 7.24. The lowest BCUT2D eigenvalue weighted by Gasteiger charge is -2.03. The van der Waals surface area contributed by atoms with Gasteiger partial charge in [0, 0.05) is 17.0 Å². The molecule has 0 radical (unpaired) electrons. The number of thioether (sulfide) groups is 1. The van der Waals surface area contributed by atoms with Crippen molar-refractivity contribution in [1.29, 1.82) is 0 Å². The summed E-state index contributed by atoms with van der Waals surface area (Å²) >= 11 is 1.58. The second-order valence-electron chi connectivity index (χ2n) is 6.25. The van der Waals surface area contributed by atoms with Crippen molar-refractivity contribution in [2.75, 3.05) is 0 Å². The van der Waals surface area contributed by atoms with E-state index < -0.39 is 0 Å². The molecule has 0 aliphatic carbocycles. The van der Waals surface area contributed by atoms with E-state index in [2.05, 4.69) is 20.3 Å². The van der Waals surface area contributed by atoms with Crippen LogP contribution in [0.1, 0.15) is 22.8 Å². The summed E-state index contributed by atoms with van der Waals surface area (Å²) in [5.74, 6) is 2.87. The molecule has 6 nitrogen and oxygen atoms in total. The zero-order chi connectivity index (χ0) is 18.8. The van der Waals surface area contributed by atoms with Crippen LogP contribution in [0.4, 0.5) is 0 Å². The van der Waals surface area contributed by atoms with Gasteiger partial charge in [0.25, 0.3) is 0 Å². The van der Waals surface area contributed by atoms with Crippen molar-refractivity contribution < 1.29 is 4.42 Å². The fourth-order valence-corrected chi connectivity index (χ4v) is 3.59. The summed E-state index contributed by atoms with van der Waals surface area (Å²) < 4.78 is 7.61. The Morgan fingerprint density at radius 3 is 2.48 bits per heavy atom. The lowest BCUT2D eigenvalue weighted by Crippen LogP contribution is -2.03. The van der Waals surface area contributed by atoms with Gasteiger partial charge in [0.05, 0.1) is 11.4 Å². The van der Waals surface area contributed by atoms with Gasteiger partial charge in [0.1, 0.15) is 10.8 Å². The number of hydrogen-bond acceptors (Lipinski definition) is 6. The molecular formula is C20H19N5OS. The summed E-state index contributed by atoms with van der Waals surface area (Å²) in [5.41, 5.74) is 3.89. The summed E-state index contributed by atoms with van der Waals surface area (Å²) in [6.45, 7) is 5.90. The number of nitrogens with zero attached hydrogens (tertiary/aromatic N) is 5. The normalized spacial score (nSPS) is 11.1. The van der Waals surface area contributed by atoms with Crippen LogP contribution in [-0.4, -0.2) is 25.0 Å². The average molecular weight is 377 g/mol. The highest BCUT2D eigenvalue weighted by molar-refractivity contribution is 7.98. The topological polar surface area (TPSA) is 69.6 Å².